The topological polar surface area (TPSA) is 126 Å². The summed E-state index contributed by atoms with van der Waals surface area (Å²) in [5, 5.41) is 39.4. The van der Waals surface area contributed by atoms with Crippen molar-refractivity contribution in [1.82, 2.24) is 0 Å². The molecule has 8 heteroatoms. The van der Waals surface area contributed by atoms with Crippen LogP contribution in [-0.4, -0.2) is 57.6 Å². The standard InChI is InChI=1S/C26H48O8/c1-4-5-6-7-8-9-10-11-12-13-14-15-16-21(28)19-32-23-24(34-31)26(17-20(2)3,22(29)18-27)33-25(23)30/h20-22,27-29,31H,4-19H2,1-3H3/t21?,22-,26+/m0/s1. The summed E-state index contributed by atoms with van der Waals surface area (Å²) in [4.78, 5) is 16.8. The maximum Gasteiger partial charge on any atom is 0.378 e. The van der Waals surface area contributed by atoms with E-state index < -0.39 is 30.4 Å². The third-order valence-corrected chi connectivity index (χ3v) is 6.38. The highest BCUT2D eigenvalue weighted by molar-refractivity contribution is 5.90. The molecule has 1 aliphatic heterocycles. The zero-order valence-electron chi connectivity index (χ0n) is 21.5. The maximum absolute atomic E-state index is 12.4. The minimum atomic E-state index is -1.73. The van der Waals surface area contributed by atoms with Gasteiger partial charge in [-0.05, 0) is 18.8 Å². The van der Waals surface area contributed by atoms with E-state index in [4.69, 9.17) is 9.47 Å². The smallest absolute Gasteiger partial charge is 0.378 e. The van der Waals surface area contributed by atoms with Crippen molar-refractivity contribution in [2.75, 3.05) is 13.2 Å². The fourth-order valence-corrected chi connectivity index (χ4v) is 4.51. The lowest BCUT2D eigenvalue weighted by molar-refractivity contribution is -0.241. The van der Waals surface area contributed by atoms with Crippen LogP contribution in [-0.2, 0) is 19.2 Å². The predicted octanol–water partition coefficient (Wildman–Crippen LogP) is 4.85. The van der Waals surface area contributed by atoms with Gasteiger partial charge in [-0.1, -0.05) is 97.8 Å². The minimum absolute atomic E-state index is 0.0464. The number of carbonyl (C=O) groups excluding carboxylic acids is 1. The second kappa shape index (κ2) is 17.1. The lowest BCUT2D eigenvalue weighted by Gasteiger charge is -2.33. The van der Waals surface area contributed by atoms with E-state index in [-0.39, 0.29) is 30.5 Å². The molecular formula is C26H48O8. The third-order valence-electron chi connectivity index (χ3n) is 6.38. The van der Waals surface area contributed by atoms with E-state index >= 15 is 0 Å². The molecule has 8 nitrogen and oxygen atoms in total. The normalized spacial score (nSPS) is 20.1. The van der Waals surface area contributed by atoms with Gasteiger partial charge in [-0.2, -0.15) is 0 Å². The summed E-state index contributed by atoms with van der Waals surface area (Å²) in [6, 6.07) is 0. The third kappa shape index (κ3) is 10.1. The van der Waals surface area contributed by atoms with Crippen molar-refractivity contribution in [2.45, 2.75) is 128 Å². The summed E-state index contributed by atoms with van der Waals surface area (Å²) < 4.78 is 10.8. The zero-order chi connectivity index (χ0) is 25.4. The van der Waals surface area contributed by atoms with Crippen molar-refractivity contribution >= 4 is 5.97 Å². The Morgan fingerprint density at radius 2 is 1.44 bits per heavy atom. The molecule has 0 saturated heterocycles. The van der Waals surface area contributed by atoms with E-state index in [1.807, 2.05) is 13.8 Å². The average molecular weight is 489 g/mol. The molecular weight excluding hydrogens is 440 g/mol. The number of aliphatic hydroxyl groups excluding tert-OH is 3. The van der Waals surface area contributed by atoms with Crippen molar-refractivity contribution in [3.8, 4) is 0 Å². The van der Waals surface area contributed by atoms with Gasteiger partial charge in [0.25, 0.3) is 5.76 Å². The number of esters is 1. The molecule has 0 aromatic heterocycles. The number of rotatable bonds is 21. The van der Waals surface area contributed by atoms with Crippen molar-refractivity contribution < 1.29 is 39.7 Å². The van der Waals surface area contributed by atoms with Crippen LogP contribution >= 0.6 is 0 Å². The molecule has 200 valence electrons. The van der Waals surface area contributed by atoms with Gasteiger partial charge in [0.05, 0.1) is 12.7 Å². The molecule has 0 amide bonds. The van der Waals surface area contributed by atoms with E-state index in [0.717, 1.165) is 19.3 Å². The van der Waals surface area contributed by atoms with Crippen LogP contribution < -0.4 is 0 Å². The van der Waals surface area contributed by atoms with Gasteiger partial charge < -0.3 is 29.7 Å². The number of carbonyl (C=O) groups is 1. The first-order valence-electron chi connectivity index (χ1n) is 13.2. The van der Waals surface area contributed by atoms with E-state index in [1.54, 1.807) is 0 Å². The van der Waals surface area contributed by atoms with E-state index in [9.17, 15) is 25.4 Å². The van der Waals surface area contributed by atoms with Crippen LogP contribution in [0.1, 0.15) is 111 Å². The van der Waals surface area contributed by atoms with Crippen LogP contribution in [0.3, 0.4) is 0 Å². The Morgan fingerprint density at radius 1 is 0.912 bits per heavy atom. The molecule has 4 N–H and O–H groups in total. The molecule has 0 bridgehead atoms. The second-order valence-electron chi connectivity index (χ2n) is 9.97. The largest absolute Gasteiger partial charge is 0.481 e. The van der Waals surface area contributed by atoms with E-state index in [1.165, 1.54) is 57.8 Å². The van der Waals surface area contributed by atoms with Crippen molar-refractivity contribution in [1.29, 1.82) is 0 Å². The van der Waals surface area contributed by atoms with E-state index in [2.05, 4.69) is 11.8 Å². The number of ether oxygens (including phenoxy) is 2. The summed E-state index contributed by atoms with van der Waals surface area (Å²) in [5.41, 5.74) is -1.73. The Bertz CT molecular complexity index is 591. The molecule has 1 heterocycles. The Hall–Kier alpha value is -1.35. The highest BCUT2D eigenvalue weighted by Crippen LogP contribution is 2.41. The van der Waals surface area contributed by atoms with Gasteiger partial charge in [-0.25, -0.2) is 10.1 Å². The quantitative estimate of drug-likeness (QED) is 0.0782. The fraction of sp³-hybridized carbons (Fsp3) is 0.885. The molecule has 0 aromatic rings. The fourth-order valence-electron chi connectivity index (χ4n) is 4.51. The molecule has 0 saturated carbocycles. The van der Waals surface area contributed by atoms with Crippen LogP contribution in [0.5, 0.6) is 0 Å². The predicted molar refractivity (Wildman–Crippen MR) is 130 cm³/mol. The first-order chi connectivity index (χ1) is 16.3. The highest BCUT2D eigenvalue weighted by Gasteiger charge is 2.56. The molecule has 0 spiro atoms. The summed E-state index contributed by atoms with van der Waals surface area (Å²) in [6.45, 7) is 5.06. The van der Waals surface area contributed by atoms with Crippen LogP contribution in [0.15, 0.2) is 11.5 Å². The zero-order valence-corrected chi connectivity index (χ0v) is 21.5. The van der Waals surface area contributed by atoms with Crippen LogP contribution in [0.25, 0.3) is 0 Å². The van der Waals surface area contributed by atoms with Gasteiger partial charge in [0, 0.05) is 0 Å². The summed E-state index contributed by atoms with van der Waals surface area (Å²) in [5.74, 6) is -1.71. The summed E-state index contributed by atoms with van der Waals surface area (Å²) >= 11 is 0. The molecule has 3 atom stereocenters. The monoisotopic (exact) mass is 488 g/mol. The van der Waals surface area contributed by atoms with Gasteiger partial charge in [0.15, 0.2) is 0 Å². The van der Waals surface area contributed by atoms with Crippen molar-refractivity contribution in [2.24, 2.45) is 5.92 Å². The molecule has 1 rings (SSSR count). The lowest BCUT2D eigenvalue weighted by Crippen LogP contribution is -2.48. The molecule has 1 aliphatic rings. The van der Waals surface area contributed by atoms with Gasteiger partial charge in [-0.3, -0.25) is 0 Å². The first kappa shape index (κ1) is 30.7. The molecule has 0 fully saturated rings. The lowest BCUT2D eigenvalue weighted by atomic mass is 9.86. The number of aliphatic hydroxyl groups is 3. The molecule has 0 aromatic carbocycles. The maximum atomic E-state index is 12.4. The molecule has 0 radical (unpaired) electrons. The van der Waals surface area contributed by atoms with E-state index in [0.29, 0.717) is 6.42 Å². The number of cyclic esters (lactones) is 1. The number of unbranched alkanes of at least 4 members (excludes halogenated alkanes) is 11. The van der Waals surface area contributed by atoms with Crippen LogP contribution in [0.4, 0.5) is 0 Å². The average Bonchev–Trinajstić information content (AvgIpc) is 3.07. The van der Waals surface area contributed by atoms with Gasteiger partial charge in [0.2, 0.25) is 11.4 Å². The Kier molecular flexibility index (Phi) is 15.5. The Labute approximate surface area is 205 Å². The SMILES string of the molecule is CCCCCCCCCCCCCCC(O)COC1=C(OO)[C@@](CC(C)C)([C@@H](O)CO)OC1=O. The molecule has 1 unspecified atom stereocenters. The van der Waals surface area contributed by atoms with Crippen molar-refractivity contribution in [3.63, 3.8) is 0 Å². The number of hydrogen-bond donors (Lipinski definition) is 4. The van der Waals surface area contributed by atoms with Crippen molar-refractivity contribution in [3.05, 3.63) is 11.5 Å². The molecule has 0 aliphatic carbocycles. The minimum Gasteiger partial charge on any atom is -0.481 e. The Balaban J connectivity index is 2.35. The summed E-state index contributed by atoms with van der Waals surface area (Å²) in [6.07, 6.45) is 13.2. The van der Waals surface area contributed by atoms with Crippen LogP contribution in [0, 0.1) is 5.92 Å². The van der Waals surface area contributed by atoms with Gasteiger partial charge in [-0.15, -0.1) is 0 Å². The Morgan fingerprint density at radius 3 is 1.91 bits per heavy atom. The van der Waals surface area contributed by atoms with Gasteiger partial charge >= 0.3 is 5.97 Å². The second-order valence-corrected chi connectivity index (χ2v) is 9.97. The highest BCUT2D eigenvalue weighted by atomic mass is 17.1. The molecule has 34 heavy (non-hydrogen) atoms. The number of hydrogen-bond acceptors (Lipinski definition) is 8. The first-order valence-corrected chi connectivity index (χ1v) is 13.2. The summed E-state index contributed by atoms with van der Waals surface area (Å²) in [7, 11) is 0. The van der Waals surface area contributed by atoms with Crippen LogP contribution in [0.2, 0.25) is 0 Å². The van der Waals surface area contributed by atoms with Gasteiger partial charge in [0.1, 0.15) is 12.7 Å².